The van der Waals surface area contributed by atoms with Crippen molar-refractivity contribution in [2.24, 2.45) is 47.3 Å². The fourth-order valence-electron chi connectivity index (χ4n) is 17.2. The molecule has 4 saturated carbocycles. The number of benzene rings is 4. The molecule has 4 amide bonds. The van der Waals surface area contributed by atoms with Crippen LogP contribution in [-0.4, -0.2) is 63.5 Å². The van der Waals surface area contributed by atoms with E-state index < -0.39 is 0 Å². The normalized spacial score (nSPS) is 20.6. The summed E-state index contributed by atoms with van der Waals surface area (Å²) >= 11 is 23.7. The Morgan fingerprint density at radius 3 is 0.625 bits per heavy atom. The number of aromatic nitrogens is 8. The van der Waals surface area contributed by atoms with Gasteiger partial charge in [0.05, 0.1) is 0 Å². The second kappa shape index (κ2) is 38.6. The maximum Gasteiger partial charge on any atom is 0.227 e. The van der Waals surface area contributed by atoms with E-state index in [0.717, 1.165) is 170 Å². The summed E-state index contributed by atoms with van der Waals surface area (Å²) in [5.74, 6) is 4.02. The van der Waals surface area contributed by atoms with Gasteiger partial charge in [-0.05, 0) is 342 Å². The second-order valence-electron chi connectivity index (χ2n) is 30.7. The lowest BCUT2D eigenvalue weighted by molar-refractivity contribution is -0.122. The zero-order valence-corrected chi connectivity index (χ0v) is 66.8. The third kappa shape index (κ3) is 20.7. The van der Waals surface area contributed by atoms with E-state index in [9.17, 15) is 19.2 Å². The predicted molar refractivity (Wildman–Crippen MR) is 454 cm³/mol. The second-order valence-corrected chi connectivity index (χ2v) is 32.4. The molecule has 0 spiro atoms. The molecule has 8 heterocycles. The van der Waals surface area contributed by atoms with Crippen LogP contribution < -0.4 is 21.3 Å². The van der Waals surface area contributed by atoms with Gasteiger partial charge in [0.1, 0.15) is 0 Å². The molecule has 576 valence electrons. The van der Waals surface area contributed by atoms with Crippen LogP contribution in [0.15, 0.2) is 219 Å². The molecule has 4 aliphatic rings. The quantitative estimate of drug-likeness (QED) is 0.0710. The Kier molecular flexibility index (Phi) is 27.6. The van der Waals surface area contributed by atoms with Gasteiger partial charge < -0.3 is 21.3 Å². The molecular formula is C92H96Cl4N12O4. The van der Waals surface area contributed by atoms with Gasteiger partial charge in [0.2, 0.25) is 23.6 Å². The molecule has 112 heavy (non-hydrogen) atoms. The third-order valence-electron chi connectivity index (χ3n) is 24.0. The minimum absolute atomic E-state index is 0.00696. The highest BCUT2D eigenvalue weighted by atomic mass is 35.5. The van der Waals surface area contributed by atoms with E-state index in [4.69, 9.17) is 46.4 Å². The summed E-state index contributed by atoms with van der Waals surface area (Å²) in [5.41, 5.74) is 11.8. The molecule has 4 unspecified atom stereocenters. The minimum atomic E-state index is -0.00696. The van der Waals surface area contributed by atoms with E-state index in [0.29, 0.717) is 67.4 Å². The molecule has 4 N–H and O–H groups in total. The highest BCUT2D eigenvalue weighted by Gasteiger charge is 2.35. The lowest BCUT2D eigenvalue weighted by atomic mass is 9.73. The number of hydrogen-bond donors (Lipinski definition) is 4. The molecular weight excluding hydrogens is 1480 g/mol. The first-order valence-electron chi connectivity index (χ1n) is 39.5. The van der Waals surface area contributed by atoms with Gasteiger partial charge in [0, 0.05) is 138 Å². The van der Waals surface area contributed by atoms with Crippen LogP contribution in [0.1, 0.15) is 176 Å². The number of fused-ring (bicyclic) bond motifs is 4. The van der Waals surface area contributed by atoms with Gasteiger partial charge in [-0.25, -0.2) is 39.9 Å². The first-order chi connectivity index (χ1) is 54.5. The highest BCUT2D eigenvalue weighted by Crippen LogP contribution is 2.45. The number of halogens is 4. The van der Waals surface area contributed by atoms with Crippen molar-refractivity contribution in [1.29, 1.82) is 0 Å². The van der Waals surface area contributed by atoms with Gasteiger partial charge in [-0.15, -0.1) is 0 Å². The number of carbonyl (C=O) groups excluding carboxylic acids is 4. The van der Waals surface area contributed by atoms with E-state index in [1.165, 1.54) is 22.3 Å². The van der Waals surface area contributed by atoms with Crippen LogP contribution >= 0.6 is 46.4 Å². The molecule has 4 aliphatic carbocycles. The summed E-state index contributed by atoms with van der Waals surface area (Å²) in [6, 6.07) is 53.9. The van der Waals surface area contributed by atoms with E-state index in [2.05, 4.69) is 110 Å². The summed E-state index contributed by atoms with van der Waals surface area (Å²) in [6.07, 6.45) is 31.8. The molecule has 0 bridgehead atoms. The number of nitrogens with one attached hydrogen (secondary N) is 4. The highest BCUT2D eigenvalue weighted by molar-refractivity contribution is 6.31. The SMILES string of the molecule is CC(C(=O)Nc1ccc(Cl)cc1)C1CCC(c2ccnc3ncccc23)CC1.CC(C(=O)Nc1ccc(Cl)cc1)C1CCC(c2ccnc3ncccc23)CC1.CC(C(=O)Nc1ccc(Cl)cc1)C1CCC(c2ccnc3ncccc23)CC1.CC(C(=O)Nc1ccc(Cl)cc1)C1CCC(c2ccnc3ncccc23)CC1. The summed E-state index contributed by atoms with van der Waals surface area (Å²) < 4.78 is 0. The maximum absolute atomic E-state index is 12.7. The maximum atomic E-state index is 12.7. The summed E-state index contributed by atoms with van der Waals surface area (Å²) in [5, 5.41) is 19.4. The van der Waals surface area contributed by atoms with Crippen molar-refractivity contribution < 1.29 is 19.2 Å². The minimum Gasteiger partial charge on any atom is -0.326 e. The Bertz CT molecular complexity index is 4480. The van der Waals surface area contributed by atoms with Crippen LogP contribution in [0.4, 0.5) is 22.7 Å². The molecule has 4 fully saturated rings. The molecule has 16 rings (SSSR count). The van der Waals surface area contributed by atoms with E-state index in [1.807, 2.05) is 125 Å². The van der Waals surface area contributed by atoms with Crippen LogP contribution in [0, 0.1) is 47.3 Å². The molecule has 12 aromatic rings. The number of hydrogen-bond acceptors (Lipinski definition) is 12. The fourth-order valence-corrected chi connectivity index (χ4v) is 17.7. The molecule has 0 aliphatic heterocycles. The lowest BCUT2D eigenvalue weighted by Crippen LogP contribution is -2.29. The Balaban J connectivity index is 0.000000131. The monoisotopic (exact) mass is 1570 g/mol. The zero-order chi connectivity index (χ0) is 78.0. The Morgan fingerprint density at radius 1 is 0.259 bits per heavy atom. The molecule has 0 saturated heterocycles. The first kappa shape index (κ1) is 80.2. The largest absolute Gasteiger partial charge is 0.326 e. The van der Waals surface area contributed by atoms with Gasteiger partial charge in [0.25, 0.3) is 0 Å². The van der Waals surface area contributed by atoms with Crippen molar-refractivity contribution in [3.63, 3.8) is 0 Å². The standard InChI is InChI=1S/4C23H24ClN3O/c4*1-15(23(28)27-19-10-8-18(24)9-11-19)16-4-6-17(7-5-16)20-12-14-26-22-21(20)3-2-13-25-22/h4*2-3,8-17H,4-7H2,1H3,(H,27,28). The van der Waals surface area contributed by atoms with Crippen molar-refractivity contribution in [3.8, 4) is 0 Å². The van der Waals surface area contributed by atoms with Crippen molar-refractivity contribution in [2.75, 3.05) is 21.3 Å². The van der Waals surface area contributed by atoms with Crippen LogP contribution in [0.5, 0.6) is 0 Å². The number of amides is 4. The molecule has 4 atom stereocenters. The molecule has 20 heteroatoms. The van der Waals surface area contributed by atoms with Crippen molar-refractivity contribution in [3.05, 3.63) is 262 Å². The fraction of sp³-hybridized carbons (Fsp3) is 0.348. The van der Waals surface area contributed by atoms with Gasteiger partial charge in [-0.2, -0.15) is 0 Å². The summed E-state index contributed by atoms with van der Waals surface area (Å²) in [4.78, 5) is 85.7. The molecule has 16 nitrogen and oxygen atoms in total. The topological polar surface area (TPSA) is 220 Å². The Hall–Kier alpha value is -9.84. The van der Waals surface area contributed by atoms with Crippen molar-refractivity contribution >= 4 is 137 Å². The van der Waals surface area contributed by atoms with Gasteiger partial charge in [-0.1, -0.05) is 74.1 Å². The summed E-state index contributed by atoms with van der Waals surface area (Å²) in [6.45, 7) is 8.17. The molecule has 0 radical (unpaired) electrons. The number of pyridine rings is 8. The van der Waals surface area contributed by atoms with Gasteiger partial charge >= 0.3 is 0 Å². The molecule has 8 aromatic heterocycles. The Labute approximate surface area is 676 Å². The van der Waals surface area contributed by atoms with Crippen LogP contribution in [0.3, 0.4) is 0 Å². The van der Waals surface area contributed by atoms with Gasteiger partial charge in [0.15, 0.2) is 22.6 Å². The smallest absolute Gasteiger partial charge is 0.227 e. The van der Waals surface area contributed by atoms with Crippen LogP contribution in [0.2, 0.25) is 20.1 Å². The number of anilines is 4. The average Bonchev–Trinajstić information content (AvgIpc) is 0.814. The lowest BCUT2D eigenvalue weighted by Gasteiger charge is -2.32. The third-order valence-corrected chi connectivity index (χ3v) is 25.0. The van der Waals surface area contributed by atoms with E-state index >= 15 is 0 Å². The first-order valence-corrected chi connectivity index (χ1v) is 41.0. The number of carbonyl (C=O) groups is 4. The van der Waals surface area contributed by atoms with Crippen molar-refractivity contribution in [1.82, 2.24) is 39.9 Å². The predicted octanol–water partition coefficient (Wildman–Crippen LogP) is 23.3. The zero-order valence-electron chi connectivity index (χ0n) is 63.7. The van der Waals surface area contributed by atoms with Gasteiger partial charge in [-0.3, -0.25) is 19.2 Å². The van der Waals surface area contributed by atoms with E-state index in [1.54, 1.807) is 73.3 Å². The Morgan fingerprint density at radius 2 is 0.438 bits per heavy atom. The van der Waals surface area contributed by atoms with Crippen molar-refractivity contribution in [2.45, 2.75) is 154 Å². The van der Waals surface area contributed by atoms with Crippen LogP contribution in [-0.2, 0) is 19.2 Å². The average molecular weight is 1580 g/mol. The number of rotatable bonds is 16. The van der Waals surface area contributed by atoms with Crippen LogP contribution in [0.25, 0.3) is 44.1 Å². The number of nitrogens with zero attached hydrogens (tertiary/aromatic N) is 8. The van der Waals surface area contributed by atoms with E-state index in [-0.39, 0.29) is 47.3 Å². The summed E-state index contributed by atoms with van der Waals surface area (Å²) in [7, 11) is 0. The molecule has 4 aromatic carbocycles.